The third kappa shape index (κ3) is 4.40. The first-order valence-electron chi connectivity index (χ1n) is 7.79. The zero-order valence-electron chi connectivity index (χ0n) is 13.3. The predicted octanol–water partition coefficient (Wildman–Crippen LogP) is 0.878. The van der Waals surface area contributed by atoms with Crippen LogP contribution in [-0.2, 0) is 14.2 Å². The van der Waals surface area contributed by atoms with Gasteiger partial charge in [0.25, 0.3) is 0 Å². The molecular formula is C15H30N2O3. The SMILES string of the molecule is COC1CN(CC2CCC(CNC(C)C)O2)CC1OC. The van der Waals surface area contributed by atoms with Crippen LogP contribution in [0.5, 0.6) is 0 Å². The van der Waals surface area contributed by atoms with Gasteiger partial charge < -0.3 is 19.5 Å². The second-order valence-electron chi connectivity index (χ2n) is 6.29. The molecule has 0 spiro atoms. The summed E-state index contributed by atoms with van der Waals surface area (Å²) in [4.78, 5) is 2.41. The molecule has 1 N–H and O–H groups in total. The standard InChI is InChI=1S/C15H30N2O3/c1-11(2)16-7-12-5-6-13(20-12)8-17-9-14(18-3)15(10-17)19-4/h11-16H,5-10H2,1-4H3. The summed E-state index contributed by atoms with van der Waals surface area (Å²) < 4.78 is 17.1. The highest BCUT2D eigenvalue weighted by atomic mass is 16.5. The van der Waals surface area contributed by atoms with E-state index in [0.29, 0.717) is 18.2 Å². The van der Waals surface area contributed by atoms with Crippen LogP contribution in [0.15, 0.2) is 0 Å². The van der Waals surface area contributed by atoms with Crippen molar-refractivity contribution < 1.29 is 14.2 Å². The molecule has 2 saturated heterocycles. The lowest BCUT2D eigenvalue weighted by Crippen LogP contribution is -2.35. The van der Waals surface area contributed by atoms with E-state index >= 15 is 0 Å². The van der Waals surface area contributed by atoms with E-state index in [9.17, 15) is 0 Å². The molecule has 0 aliphatic carbocycles. The van der Waals surface area contributed by atoms with Crippen LogP contribution in [0.4, 0.5) is 0 Å². The van der Waals surface area contributed by atoms with Crippen molar-refractivity contribution in [1.82, 2.24) is 10.2 Å². The van der Waals surface area contributed by atoms with Crippen molar-refractivity contribution in [3.05, 3.63) is 0 Å². The van der Waals surface area contributed by atoms with Crippen LogP contribution >= 0.6 is 0 Å². The molecule has 5 heteroatoms. The fraction of sp³-hybridized carbons (Fsp3) is 1.00. The molecule has 2 fully saturated rings. The number of rotatable bonds is 7. The van der Waals surface area contributed by atoms with Gasteiger partial charge in [0.2, 0.25) is 0 Å². The van der Waals surface area contributed by atoms with Crippen LogP contribution in [0.1, 0.15) is 26.7 Å². The predicted molar refractivity (Wildman–Crippen MR) is 79.1 cm³/mol. The van der Waals surface area contributed by atoms with Gasteiger partial charge in [0, 0.05) is 46.4 Å². The Labute approximate surface area is 122 Å². The Morgan fingerprint density at radius 1 is 1.10 bits per heavy atom. The molecule has 0 bridgehead atoms. The van der Waals surface area contributed by atoms with Crippen LogP contribution < -0.4 is 5.32 Å². The monoisotopic (exact) mass is 286 g/mol. The van der Waals surface area contributed by atoms with E-state index in [1.165, 1.54) is 6.42 Å². The Hall–Kier alpha value is -0.200. The van der Waals surface area contributed by atoms with E-state index in [0.717, 1.165) is 32.6 Å². The average Bonchev–Trinajstić information content (AvgIpc) is 3.03. The summed E-state index contributed by atoms with van der Waals surface area (Å²) in [6.45, 7) is 8.21. The Morgan fingerprint density at radius 3 is 2.25 bits per heavy atom. The molecule has 2 aliphatic rings. The Morgan fingerprint density at radius 2 is 1.70 bits per heavy atom. The van der Waals surface area contributed by atoms with Gasteiger partial charge in [0.1, 0.15) is 0 Å². The van der Waals surface area contributed by atoms with Gasteiger partial charge in [-0.1, -0.05) is 13.8 Å². The van der Waals surface area contributed by atoms with Crippen LogP contribution in [0.25, 0.3) is 0 Å². The van der Waals surface area contributed by atoms with Crippen molar-refractivity contribution in [2.75, 3.05) is 40.4 Å². The van der Waals surface area contributed by atoms with Gasteiger partial charge in [0.15, 0.2) is 0 Å². The number of methoxy groups -OCH3 is 2. The van der Waals surface area contributed by atoms with Crippen LogP contribution in [-0.4, -0.2) is 75.8 Å². The molecule has 0 aromatic carbocycles. The number of ether oxygens (including phenoxy) is 3. The number of nitrogens with zero attached hydrogens (tertiary/aromatic N) is 1. The molecule has 0 saturated carbocycles. The minimum absolute atomic E-state index is 0.194. The van der Waals surface area contributed by atoms with Gasteiger partial charge in [-0.3, -0.25) is 4.90 Å². The summed E-state index contributed by atoms with van der Waals surface area (Å²) in [5.41, 5.74) is 0. The van der Waals surface area contributed by atoms with Crippen LogP contribution in [0.3, 0.4) is 0 Å². The zero-order valence-corrected chi connectivity index (χ0v) is 13.3. The summed E-state index contributed by atoms with van der Waals surface area (Å²) in [7, 11) is 3.53. The maximum atomic E-state index is 6.13. The van der Waals surface area contributed by atoms with Crippen LogP contribution in [0.2, 0.25) is 0 Å². The van der Waals surface area contributed by atoms with Gasteiger partial charge in [-0.05, 0) is 12.8 Å². The lowest BCUT2D eigenvalue weighted by Gasteiger charge is -2.21. The van der Waals surface area contributed by atoms with Crippen molar-refractivity contribution in [2.45, 2.75) is 57.1 Å². The highest BCUT2D eigenvalue weighted by Gasteiger charge is 2.35. The first-order chi connectivity index (χ1) is 9.62. The number of hydrogen-bond acceptors (Lipinski definition) is 5. The number of likely N-dealkylation sites (tertiary alicyclic amines) is 1. The minimum atomic E-state index is 0.194. The maximum Gasteiger partial charge on any atom is 0.0971 e. The molecular weight excluding hydrogens is 256 g/mol. The molecule has 2 rings (SSSR count). The normalized spacial score (nSPS) is 35.2. The molecule has 0 amide bonds. The van der Waals surface area contributed by atoms with Crippen molar-refractivity contribution in [2.24, 2.45) is 0 Å². The minimum Gasteiger partial charge on any atom is -0.377 e. The average molecular weight is 286 g/mol. The van der Waals surface area contributed by atoms with Gasteiger partial charge in [0.05, 0.1) is 24.4 Å². The van der Waals surface area contributed by atoms with E-state index < -0.39 is 0 Å². The highest BCUT2D eigenvalue weighted by Crippen LogP contribution is 2.23. The first kappa shape index (κ1) is 16.2. The first-order valence-corrected chi connectivity index (χ1v) is 7.79. The summed E-state index contributed by atoms with van der Waals surface area (Å²) in [6.07, 6.45) is 3.46. The fourth-order valence-electron chi connectivity index (χ4n) is 3.14. The van der Waals surface area contributed by atoms with Crippen molar-refractivity contribution in [3.8, 4) is 0 Å². The van der Waals surface area contributed by atoms with Gasteiger partial charge >= 0.3 is 0 Å². The molecule has 2 heterocycles. The fourth-order valence-corrected chi connectivity index (χ4v) is 3.14. The molecule has 0 radical (unpaired) electrons. The smallest absolute Gasteiger partial charge is 0.0971 e. The molecule has 4 atom stereocenters. The topological polar surface area (TPSA) is 43.0 Å². The third-order valence-corrected chi connectivity index (χ3v) is 4.31. The van der Waals surface area contributed by atoms with E-state index in [4.69, 9.17) is 14.2 Å². The molecule has 0 aromatic heterocycles. The van der Waals surface area contributed by atoms with E-state index in [1.54, 1.807) is 14.2 Å². The Kier molecular flexibility index (Phi) is 6.23. The van der Waals surface area contributed by atoms with E-state index in [1.807, 2.05) is 0 Å². The lowest BCUT2D eigenvalue weighted by molar-refractivity contribution is -0.00461. The maximum absolute atomic E-state index is 6.13. The van der Waals surface area contributed by atoms with Crippen molar-refractivity contribution >= 4 is 0 Å². The highest BCUT2D eigenvalue weighted by molar-refractivity contribution is 4.88. The number of nitrogens with one attached hydrogen (secondary N) is 1. The van der Waals surface area contributed by atoms with E-state index in [2.05, 4.69) is 24.1 Å². The summed E-state index contributed by atoms with van der Waals surface area (Å²) >= 11 is 0. The Bertz CT molecular complexity index is 276. The van der Waals surface area contributed by atoms with E-state index in [-0.39, 0.29) is 12.2 Å². The molecule has 4 unspecified atom stereocenters. The van der Waals surface area contributed by atoms with Gasteiger partial charge in [-0.15, -0.1) is 0 Å². The largest absolute Gasteiger partial charge is 0.377 e. The molecule has 0 aromatic rings. The van der Waals surface area contributed by atoms with Crippen LogP contribution in [0, 0.1) is 0 Å². The second kappa shape index (κ2) is 7.71. The second-order valence-corrected chi connectivity index (χ2v) is 6.29. The molecule has 2 aliphatic heterocycles. The summed E-state index contributed by atoms with van der Waals surface area (Å²) in [5.74, 6) is 0. The Balaban J connectivity index is 1.70. The van der Waals surface area contributed by atoms with Gasteiger partial charge in [-0.25, -0.2) is 0 Å². The zero-order chi connectivity index (χ0) is 14.5. The third-order valence-electron chi connectivity index (χ3n) is 4.31. The molecule has 20 heavy (non-hydrogen) atoms. The van der Waals surface area contributed by atoms with Crippen molar-refractivity contribution in [1.29, 1.82) is 0 Å². The van der Waals surface area contributed by atoms with Gasteiger partial charge in [-0.2, -0.15) is 0 Å². The molecule has 5 nitrogen and oxygen atoms in total. The quantitative estimate of drug-likeness (QED) is 0.752. The summed E-state index contributed by atoms with van der Waals surface area (Å²) in [5, 5.41) is 3.46. The molecule has 118 valence electrons. The number of hydrogen-bond donors (Lipinski definition) is 1. The summed E-state index contributed by atoms with van der Waals surface area (Å²) in [6, 6.07) is 0.529. The lowest BCUT2D eigenvalue weighted by atomic mass is 10.2. The van der Waals surface area contributed by atoms with Crippen molar-refractivity contribution in [3.63, 3.8) is 0 Å².